The zero-order valence-electron chi connectivity index (χ0n) is 11.4. The van der Waals surface area contributed by atoms with Gasteiger partial charge in [-0.1, -0.05) is 12.1 Å². The average molecular weight is 300 g/mol. The SMILES string of the molecule is O=C(Cc1cccc(OC(F)F)c1)NCC1CNCC1O. The fourth-order valence-corrected chi connectivity index (χ4v) is 2.25. The summed E-state index contributed by atoms with van der Waals surface area (Å²) in [7, 11) is 0. The van der Waals surface area contributed by atoms with Crippen molar-refractivity contribution in [1.29, 1.82) is 0 Å². The summed E-state index contributed by atoms with van der Waals surface area (Å²) in [5, 5.41) is 15.4. The molecule has 1 aromatic carbocycles. The predicted molar refractivity (Wildman–Crippen MR) is 72.2 cm³/mol. The summed E-state index contributed by atoms with van der Waals surface area (Å²) in [6.07, 6.45) is -0.371. The zero-order valence-corrected chi connectivity index (χ0v) is 11.4. The first-order valence-corrected chi connectivity index (χ1v) is 6.74. The summed E-state index contributed by atoms with van der Waals surface area (Å²) in [4.78, 5) is 11.8. The number of rotatable bonds is 6. The minimum Gasteiger partial charge on any atom is -0.435 e. The number of hydrogen-bond donors (Lipinski definition) is 3. The van der Waals surface area contributed by atoms with E-state index in [9.17, 15) is 18.7 Å². The van der Waals surface area contributed by atoms with Gasteiger partial charge < -0.3 is 20.5 Å². The predicted octanol–water partition coefficient (Wildman–Crippen LogP) is 0.527. The Morgan fingerprint density at radius 2 is 2.29 bits per heavy atom. The summed E-state index contributed by atoms with van der Waals surface area (Å²) in [5.41, 5.74) is 0.593. The molecule has 0 radical (unpaired) electrons. The van der Waals surface area contributed by atoms with Gasteiger partial charge in [0.1, 0.15) is 5.75 Å². The normalized spacial score (nSPS) is 21.5. The second kappa shape index (κ2) is 7.33. The molecule has 1 saturated heterocycles. The first-order chi connectivity index (χ1) is 10.0. The number of halogens is 2. The molecule has 0 spiro atoms. The summed E-state index contributed by atoms with van der Waals surface area (Å²) >= 11 is 0. The van der Waals surface area contributed by atoms with Crippen molar-refractivity contribution in [3.63, 3.8) is 0 Å². The molecule has 0 bridgehead atoms. The second-order valence-corrected chi connectivity index (χ2v) is 4.99. The molecule has 7 heteroatoms. The Kier molecular flexibility index (Phi) is 5.46. The molecule has 1 aromatic rings. The fraction of sp³-hybridized carbons (Fsp3) is 0.500. The molecular weight excluding hydrogens is 282 g/mol. The van der Waals surface area contributed by atoms with E-state index < -0.39 is 12.7 Å². The third-order valence-corrected chi connectivity index (χ3v) is 3.35. The van der Waals surface area contributed by atoms with Gasteiger partial charge in [0.15, 0.2) is 0 Å². The van der Waals surface area contributed by atoms with Crippen LogP contribution in [0, 0.1) is 5.92 Å². The fourth-order valence-electron chi connectivity index (χ4n) is 2.25. The number of carbonyl (C=O) groups excluding carboxylic acids is 1. The molecular formula is C14H18F2N2O3. The molecule has 0 aromatic heterocycles. The van der Waals surface area contributed by atoms with Crippen molar-refractivity contribution in [1.82, 2.24) is 10.6 Å². The Hall–Kier alpha value is -1.73. The minimum atomic E-state index is -2.88. The van der Waals surface area contributed by atoms with E-state index in [0.717, 1.165) is 0 Å². The lowest BCUT2D eigenvalue weighted by Crippen LogP contribution is -2.35. The van der Waals surface area contributed by atoms with Gasteiger partial charge in [-0.25, -0.2) is 0 Å². The molecule has 116 valence electrons. The number of aliphatic hydroxyl groups is 1. The monoisotopic (exact) mass is 300 g/mol. The molecule has 2 atom stereocenters. The minimum absolute atomic E-state index is 0.00227. The molecule has 1 aliphatic rings. The van der Waals surface area contributed by atoms with E-state index >= 15 is 0 Å². The molecule has 1 amide bonds. The summed E-state index contributed by atoms with van der Waals surface area (Å²) in [6, 6.07) is 6.06. The van der Waals surface area contributed by atoms with Gasteiger partial charge in [0.25, 0.3) is 0 Å². The van der Waals surface area contributed by atoms with Crippen LogP contribution in [0.1, 0.15) is 5.56 Å². The van der Waals surface area contributed by atoms with Gasteiger partial charge in [0, 0.05) is 25.6 Å². The van der Waals surface area contributed by atoms with Crippen LogP contribution in [0.25, 0.3) is 0 Å². The molecule has 21 heavy (non-hydrogen) atoms. The van der Waals surface area contributed by atoms with Crippen molar-refractivity contribution in [3.8, 4) is 5.75 Å². The molecule has 1 fully saturated rings. The van der Waals surface area contributed by atoms with E-state index in [-0.39, 0.29) is 24.0 Å². The highest BCUT2D eigenvalue weighted by Gasteiger charge is 2.24. The van der Waals surface area contributed by atoms with Crippen molar-refractivity contribution >= 4 is 5.91 Å². The van der Waals surface area contributed by atoms with Gasteiger partial charge in [0.2, 0.25) is 5.91 Å². The van der Waals surface area contributed by atoms with E-state index in [0.29, 0.717) is 25.2 Å². The number of β-amino-alcohol motifs (C(OH)–C–C–N with tert-alkyl or cyclic N) is 1. The maximum Gasteiger partial charge on any atom is 0.387 e. The Balaban J connectivity index is 1.81. The van der Waals surface area contributed by atoms with Gasteiger partial charge in [-0.05, 0) is 17.7 Å². The van der Waals surface area contributed by atoms with Gasteiger partial charge in [-0.15, -0.1) is 0 Å². The molecule has 2 unspecified atom stereocenters. The quantitative estimate of drug-likeness (QED) is 0.716. The van der Waals surface area contributed by atoms with E-state index in [1.807, 2.05) is 0 Å². The number of alkyl halides is 2. The first kappa shape index (κ1) is 15.7. The number of nitrogens with one attached hydrogen (secondary N) is 2. The lowest BCUT2D eigenvalue weighted by atomic mass is 10.1. The van der Waals surface area contributed by atoms with Gasteiger partial charge >= 0.3 is 6.61 Å². The largest absolute Gasteiger partial charge is 0.435 e. The van der Waals surface area contributed by atoms with E-state index in [2.05, 4.69) is 15.4 Å². The third-order valence-electron chi connectivity index (χ3n) is 3.35. The van der Waals surface area contributed by atoms with Crippen LogP contribution in [0.3, 0.4) is 0 Å². The summed E-state index contributed by atoms with van der Waals surface area (Å²) < 4.78 is 28.5. The van der Waals surface area contributed by atoms with Crippen LogP contribution in [0.15, 0.2) is 24.3 Å². The highest BCUT2D eigenvalue weighted by atomic mass is 19.3. The lowest BCUT2D eigenvalue weighted by molar-refractivity contribution is -0.120. The first-order valence-electron chi connectivity index (χ1n) is 6.74. The van der Waals surface area contributed by atoms with Crippen LogP contribution >= 0.6 is 0 Å². The Morgan fingerprint density at radius 1 is 1.48 bits per heavy atom. The molecule has 1 heterocycles. The number of benzene rings is 1. The summed E-state index contributed by atoms with van der Waals surface area (Å²) in [5.74, 6) is -0.184. The number of amides is 1. The average Bonchev–Trinajstić information content (AvgIpc) is 2.81. The third kappa shape index (κ3) is 4.95. The van der Waals surface area contributed by atoms with Crippen molar-refractivity contribution in [2.45, 2.75) is 19.1 Å². The zero-order chi connectivity index (χ0) is 15.2. The Labute approximate surface area is 121 Å². The highest BCUT2D eigenvalue weighted by Crippen LogP contribution is 2.16. The van der Waals surface area contributed by atoms with Crippen LogP contribution in [0.5, 0.6) is 5.75 Å². The topological polar surface area (TPSA) is 70.6 Å². The number of aliphatic hydroxyl groups excluding tert-OH is 1. The van der Waals surface area contributed by atoms with Crippen LogP contribution < -0.4 is 15.4 Å². The Bertz CT molecular complexity index is 485. The summed E-state index contributed by atoms with van der Waals surface area (Å²) in [6.45, 7) is -1.29. The number of ether oxygens (including phenoxy) is 1. The van der Waals surface area contributed by atoms with Crippen LogP contribution in [-0.4, -0.2) is 43.4 Å². The van der Waals surface area contributed by atoms with Gasteiger partial charge in [-0.2, -0.15) is 8.78 Å². The number of hydrogen-bond acceptors (Lipinski definition) is 4. The maximum atomic E-state index is 12.1. The standard InChI is InChI=1S/C14H18F2N2O3/c15-14(16)21-11-3-1-2-9(4-11)5-13(20)18-7-10-6-17-8-12(10)19/h1-4,10,12,14,17,19H,5-8H2,(H,18,20). The van der Waals surface area contributed by atoms with Crippen molar-refractivity contribution in [2.24, 2.45) is 5.92 Å². The van der Waals surface area contributed by atoms with E-state index in [1.165, 1.54) is 12.1 Å². The van der Waals surface area contributed by atoms with E-state index in [1.54, 1.807) is 12.1 Å². The molecule has 0 saturated carbocycles. The van der Waals surface area contributed by atoms with Crippen LogP contribution in [0.2, 0.25) is 0 Å². The maximum absolute atomic E-state index is 12.1. The lowest BCUT2D eigenvalue weighted by Gasteiger charge is -2.14. The molecule has 3 N–H and O–H groups in total. The molecule has 0 aliphatic carbocycles. The second-order valence-electron chi connectivity index (χ2n) is 4.99. The van der Waals surface area contributed by atoms with Crippen molar-refractivity contribution in [2.75, 3.05) is 19.6 Å². The molecule has 2 rings (SSSR count). The van der Waals surface area contributed by atoms with Gasteiger partial charge in [-0.3, -0.25) is 4.79 Å². The molecule has 5 nitrogen and oxygen atoms in total. The van der Waals surface area contributed by atoms with Gasteiger partial charge in [0.05, 0.1) is 12.5 Å². The highest BCUT2D eigenvalue weighted by molar-refractivity contribution is 5.78. The van der Waals surface area contributed by atoms with Crippen molar-refractivity contribution in [3.05, 3.63) is 29.8 Å². The van der Waals surface area contributed by atoms with Crippen LogP contribution in [-0.2, 0) is 11.2 Å². The van der Waals surface area contributed by atoms with E-state index in [4.69, 9.17) is 0 Å². The molecule has 1 aliphatic heterocycles. The smallest absolute Gasteiger partial charge is 0.387 e. The number of carbonyl (C=O) groups is 1. The Morgan fingerprint density at radius 3 is 2.95 bits per heavy atom. The van der Waals surface area contributed by atoms with Crippen LogP contribution in [0.4, 0.5) is 8.78 Å². The van der Waals surface area contributed by atoms with Crippen molar-refractivity contribution < 1.29 is 23.4 Å².